The van der Waals surface area contributed by atoms with Crippen LogP contribution in [0, 0.1) is 17.2 Å². The van der Waals surface area contributed by atoms with Crippen molar-refractivity contribution in [3.8, 4) is 6.07 Å². The molecule has 1 N–H and O–H groups in total. The van der Waals surface area contributed by atoms with E-state index < -0.39 is 5.60 Å². The summed E-state index contributed by atoms with van der Waals surface area (Å²) in [6.07, 6.45) is 0.518. The molecule has 17 heavy (non-hydrogen) atoms. The third-order valence-corrected chi connectivity index (χ3v) is 3.88. The van der Waals surface area contributed by atoms with Gasteiger partial charge in [0.15, 0.2) is 5.60 Å². The van der Waals surface area contributed by atoms with Crippen LogP contribution in [0.4, 0.5) is 0 Å². The quantitative estimate of drug-likeness (QED) is 0.750. The Morgan fingerprint density at radius 2 is 2.06 bits per heavy atom. The minimum Gasteiger partial charge on any atom is -0.375 e. The highest BCUT2D eigenvalue weighted by Crippen LogP contribution is 2.40. The van der Waals surface area contributed by atoms with Gasteiger partial charge in [0.05, 0.1) is 6.07 Å². The van der Waals surface area contributed by atoms with E-state index in [1.165, 1.54) is 0 Å². The highest BCUT2D eigenvalue weighted by atomic mass is 16.3. The number of nitrogens with zero attached hydrogens (tertiary/aromatic N) is 2. The molecule has 0 saturated carbocycles. The molecule has 0 radical (unpaired) electrons. The molecular formula is C14H18N2O. The summed E-state index contributed by atoms with van der Waals surface area (Å²) in [5.41, 5.74) is -0.0385. The van der Waals surface area contributed by atoms with E-state index in [0.717, 1.165) is 12.1 Å². The van der Waals surface area contributed by atoms with E-state index >= 15 is 0 Å². The lowest BCUT2D eigenvalue weighted by Gasteiger charge is -2.44. The van der Waals surface area contributed by atoms with Crippen LogP contribution in [-0.2, 0) is 0 Å². The largest absolute Gasteiger partial charge is 0.375 e. The molecule has 3 nitrogen and oxygen atoms in total. The zero-order chi connectivity index (χ0) is 12.5. The van der Waals surface area contributed by atoms with Crippen LogP contribution in [0.1, 0.15) is 24.9 Å². The van der Waals surface area contributed by atoms with Gasteiger partial charge in [-0.2, -0.15) is 5.26 Å². The molecule has 2 rings (SSSR count). The molecule has 1 saturated heterocycles. The van der Waals surface area contributed by atoms with Crippen LogP contribution < -0.4 is 0 Å². The van der Waals surface area contributed by atoms with E-state index in [0.29, 0.717) is 6.42 Å². The van der Waals surface area contributed by atoms with E-state index in [9.17, 15) is 5.11 Å². The molecule has 0 bridgehead atoms. The van der Waals surface area contributed by atoms with Crippen LogP contribution in [0.25, 0.3) is 0 Å². The van der Waals surface area contributed by atoms with E-state index in [-0.39, 0.29) is 12.0 Å². The van der Waals surface area contributed by atoms with Crippen LogP contribution >= 0.6 is 0 Å². The number of hydrogen-bond acceptors (Lipinski definition) is 3. The normalized spacial score (nSPS) is 34.2. The van der Waals surface area contributed by atoms with E-state index in [1.54, 1.807) is 0 Å². The molecule has 0 aromatic heterocycles. The maximum atomic E-state index is 10.3. The van der Waals surface area contributed by atoms with Crippen molar-refractivity contribution in [2.24, 2.45) is 5.92 Å². The molecule has 1 aromatic carbocycles. The fourth-order valence-corrected chi connectivity index (χ4v) is 2.71. The number of likely N-dealkylation sites (tertiary alicyclic amines) is 1. The molecule has 1 aliphatic heterocycles. The van der Waals surface area contributed by atoms with Crippen LogP contribution in [0.3, 0.4) is 0 Å². The number of rotatable bonds is 1. The molecule has 0 aliphatic carbocycles. The van der Waals surface area contributed by atoms with Crippen molar-refractivity contribution in [1.29, 1.82) is 5.26 Å². The lowest BCUT2D eigenvalue weighted by atomic mass is 9.75. The van der Waals surface area contributed by atoms with E-state index in [1.807, 2.05) is 32.2 Å². The molecule has 0 amide bonds. The van der Waals surface area contributed by atoms with Gasteiger partial charge < -0.3 is 5.11 Å². The topological polar surface area (TPSA) is 47.3 Å². The predicted molar refractivity (Wildman–Crippen MR) is 66.2 cm³/mol. The first kappa shape index (κ1) is 12.1. The van der Waals surface area contributed by atoms with Crippen molar-refractivity contribution in [2.75, 3.05) is 13.6 Å². The molecule has 90 valence electrons. The fourth-order valence-electron chi connectivity index (χ4n) is 2.71. The molecular weight excluding hydrogens is 212 g/mol. The average Bonchev–Trinajstić information content (AvgIpc) is 2.36. The second kappa shape index (κ2) is 4.48. The van der Waals surface area contributed by atoms with Crippen LogP contribution in [-0.4, -0.2) is 29.2 Å². The summed E-state index contributed by atoms with van der Waals surface area (Å²) in [7, 11) is 2.05. The summed E-state index contributed by atoms with van der Waals surface area (Å²) in [6, 6.07) is 12.3. The molecule has 3 heteroatoms. The Morgan fingerprint density at radius 3 is 2.65 bits per heavy atom. The SMILES string of the molecule is CC1C(c2ccccc2)N(C)CCC1(O)C#N. The molecule has 1 heterocycles. The smallest absolute Gasteiger partial charge is 0.156 e. The summed E-state index contributed by atoms with van der Waals surface area (Å²) in [4.78, 5) is 2.21. The standard InChI is InChI=1S/C14H18N2O/c1-11-13(12-6-4-3-5-7-12)16(2)9-8-14(11,17)10-15/h3-7,11,13,17H,8-9H2,1-2H3. The Morgan fingerprint density at radius 1 is 1.41 bits per heavy atom. The Labute approximate surface area is 102 Å². The minimum atomic E-state index is -1.20. The summed E-state index contributed by atoms with van der Waals surface area (Å²) in [5.74, 6) is -0.0892. The first-order chi connectivity index (χ1) is 8.08. The monoisotopic (exact) mass is 230 g/mol. The van der Waals surface area contributed by atoms with Crippen molar-refractivity contribution >= 4 is 0 Å². The van der Waals surface area contributed by atoms with Crippen molar-refractivity contribution in [3.63, 3.8) is 0 Å². The Kier molecular flexibility index (Phi) is 3.19. The summed E-state index contributed by atoms with van der Waals surface area (Å²) >= 11 is 0. The molecule has 1 fully saturated rings. The van der Waals surface area contributed by atoms with Crippen molar-refractivity contribution in [2.45, 2.75) is 25.0 Å². The summed E-state index contributed by atoms with van der Waals surface area (Å²) < 4.78 is 0. The lowest BCUT2D eigenvalue weighted by Crippen LogP contribution is -2.50. The molecule has 1 aromatic rings. The number of nitriles is 1. The number of benzene rings is 1. The van der Waals surface area contributed by atoms with Gasteiger partial charge in [-0.05, 0) is 12.6 Å². The van der Waals surface area contributed by atoms with E-state index in [4.69, 9.17) is 5.26 Å². The molecule has 0 spiro atoms. The van der Waals surface area contributed by atoms with Gasteiger partial charge in [0, 0.05) is 24.9 Å². The minimum absolute atomic E-state index is 0.0892. The molecule has 3 atom stereocenters. The van der Waals surface area contributed by atoms with Gasteiger partial charge >= 0.3 is 0 Å². The molecule has 3 unspecified atom stereocenters. The second-order valence-corrected chi connectivity index (χ2v) is 4.91. The van der Waals surface area contributed by atoms with Crippen LogP contribution in [0.15, 0.2) is 30.3 Å². The first-order valence-electron chi connectivity index (χ1n) is 5.97. The summed E-state index contributed by atoms with van der Waals surface area (Å²) in [5, 5.41) is 19.5. The van der Waals surface area contributed by atoms with Crippen LogP contribution in [0.2, 0.25) is 0 Å². The lowest BCUT2D eigenvalue weighted by molar-refractivity contribution is -0.0489. The first-order valence-corrected chi connectivity index (χ1v) is 5.97. The van der Waals surface area contributed by atoms with Gasteiger partial charge in [-0.1, -0.05) is 37.3 Å². The third kappa shape index (κ3) is 2.06. The van der Waals surface area contributed by atoms with E-state index in [2.05, 4.69) is 23.1 Å². The zero-order valence-electron chi connectivity index (χ0n) is 10.3. The second-order valence-electron chi connectivity index (χ2n) is 4.91. The Balaban J connectivity index is 2.35. The van der Waals surface area contributed by atoms with Crippen molar-refractivity contribution in [3.05, 3.63) is 35.9 Å². The maximum absolute atomic E-state index is 10.3. The number of aliphatic hydroxyl groups is 1. The maximum Gasteiger partial charge on any atom is 0.156 e. The van der Waals surface area contributed by atoms with Gasteiger partial charge in [-0.3, -0.25) is 4.90 Å². The number of hydrogen-bond donors (Lipinski definition) is 1. The number of piperidine rings is 1. The third-order valence-electron chi connectivity index (χ3n) is 3.88. The Bertz CT molecular complexity index is 426. The van der Waals surface area contributed by atoms with Crippen LogP contribution in [0.5, 0.6) is 0 Å². The van der Waals surface area contributed by atoms with Gasteiger partial charge in [-0.25, -0.2) is 0 Å². The highest BCUT2D eigenvalue weighted by Gasteiger charge is 2.44. The van der Waals surface area contributed by atoms with Gasteiger partial charge in [-0.15, -0.1) is 0 Å². The zero-order valence-corrected chi connectivity index (χ0v) is 10.3. The molecule has 1 aliphatic rings. The predicted octanol–water partition coefficient (Wildman–Crippen LogP) is 1.95. The van der Waals surface area contributed by atoms with Gasteiger partial charge in [0.2, 0.25) is 0 Å². The fraction of sp³-hybridized carbons (Fsp3) is 0.500. The van der Waals surface area contributed by atoms with Gasteiger partial charge in [0.25, 0.3) is 0 Å². The summed E-state index contributed by atoms with van der Waals surface area (Å²) in [6.45, 7) is 2.70. The highest BCUT2D eigenvalue weighted by molar-refractivity contribution is 5.23. The van der Waals surface area contributed by atoms with Gasteiger partial charge in [0.1, 0.15) is 0 Å². The Hall–Kier alpha value is -1.37. The average molecular weight is 230 g/mol. The van der Waals surface area contributed by atoms with Crippen molar-refractivity contribution < 1.29 is 5.11 Å². The van der Waals surface area contributed by atoms with Crippen molar-refractivity contribution in [1.82, 2.24) is 4.90 Å².